The molecule has 2 N–H and O–H groups in total. The molecule has 168 valence electrons. The molecule has 4 aromatic rings. The van der Waals surface area contributed by atoms with Crippen molar-refractivity contribution in [3.8, 4) is 16.9 Å². The van der Waals surface area contributed by atoms with Gasteiger partial charge >= 0.3 is 6.03 Å². The highest BCUT2D eigenvalue weighted by Crippen LogP contribution is 2.24. The average molecular weight is 454 g/mol. The number of para-hydroxylation sites is 1. The van der Waals surface area contributed by atoms with Gasteiger partial charge in [-0.2, -0.15) is 0 Å². The molecule has 0 unspecified atom stereocenters. The fourth-order valence-corrected chi connectivity index (χ4v) is 3.85. The van der Waals surface area contributed by atoms with Crippen LogP contribution in [0.2, 0.25) is 0 Å². The first-order valence-corrected chi connectivity index (χ1v) is 10.6. The zero-order valence-electron chi connectivity index (χ0n) is 17.9. The standard InChI is InChI=1S/C26H19FN4O3/c27-19-11-7-8-17(14-19)16-30-25(33)22(28-26(30)34)15-21-23(18-9-3-1-4-10-18)29-31(24(21)32)20-12-5-2-6-13-20/h1-15,29H,16H2,(H,28,34)/b22-15-. The fourth-order valence-electron chi connectivity index (χ4n) is 3.85. The van der Waals surface area contributed by atoms with Crippen molar-refractivity contribution in [1.29, 1.82) is 0 Å². The van der Waals surface area contributed by atoms with Gasteiger partial charge < -0.3 is 5.32 Å². The van der Waals surface area contributed by atoms with E-state index in [9.17, 15) is 18.8 Å². The van der Waals surface area contributed by atoms with Crippen LogP contribution in [0.4, 0.5) is 9.18 Å². The Bertz CT molecular complexity index is 1470. The molecule has 1 fully saturated rings. The van der Waals surface area contributed by atoms with Crippen molar-refractivity contribution >= 4 is 18.0 Å². The predicted octanol–water partition coefficient (Wildman–Crippen LogP) is 4.06. The smallest absolute Gasteiger partial charge is 0.303 e. The van der Waals surface area contributed by atoms with E-state index in [0.29, 0.717) is 16.9 Å². The number of rotatable bonds is 5. The molecule has 1 aliphatic rings. The molecule has 3 aromatic carbocycles. The second-order valence-electron chi connectivity index (χ2n) is 7.75. The van der Waals surface area contributed by atoms with Crippen LogP contribution in [0.15, 0.2) is 95.4 Å². The molecule has 5 rings (SSSR count). The van der Waals surface area contributed by atoms with Crippen LogP contribution in [0.3, 0.4) is 0 Å². The summed E-state index contributed by atoms with van der Waals surface area (Å²) in [4.78, 5) is 39.9. The molecule has 0 atom stereocenters. The van der Waals surface area contributed by atoms with Crippen molar-refractivity contribution in [2.24, 2.45) is 0 Å². The summed E-state index contributed by atoms with van der Waals surface area (Å²) in [6.07, 6.45) is 1.38. The van der Waals surface area contributed by atoms with Gasteiger partial charge in [-0.1, -0.05) is 60.7 Å². The van der Waals surface area contributed by atoms with E-state index >= 15 is 0 Å². The van der Waals surface area contributed by atoms with Crippen LogP contribution in [-0.2, 0) is 11.3 Å². The molecule has 1 saturated heterocycles. The average Bonchev–Trinajstić information content (AvgIpc) is 3.31. The summed E-state index contributed by atoms with van der Waals surface area (Å²) in [5.74, 6) is -1.05. The van der Waals surface area contributed by atoms with Gasteiger partial charge in [0, 0.05) is 5.56 Å². The van der Waals surface area contributed by atoms with E-state index in [1.807, 2.05) is 48.5 Å². The minimum absolute atomic E-state index is 0.0325. The summed E-state index contributed by atoms with van der Waals surface area (Å²) in [5.41, 5.74) is 2.18. The summed E-state index contributed by atoms with van der Waals surface area (Å²) in [6.45, 7) is -0.0906. The largest absolute Gasteiger partial charge is 0.329 e. The highest BCUT2D eigenvalue weighted by atomic mass is 19.1. The van der Waals surface area contributed by atoms with Crippen LogP contribution in [0.5, 0.6) is 0 Å². The van der Waals surface area contributed by atoms with E-state index in [4.69, 9.17) is 0 Å². The van der Waals surface area contributed by atoms with Crippen molar-refractivity contribution in [3.05, 3.63) is 118 Å². The number of benzene rings is 3. The Hall–Kier alpha value is -4.72. The molecule has 1 aliphatic heterocycles. The Morgan fingerprint density at radius 2 is 1.56 bits per heavy atom. The summed E-state index contributed by atoms with van der Waals surface area (Å²) in [6, 6.07) is 23.3. The highest BCUT2D eigenvalue weighted by Gasteiger charge is 2.34. The van der Waals surface area contributed by atoms with Crippen molar-refractivity contribution in [3.63, 3.8) is 0 Å². The molecule has 3 amide bonds. The monoisotopic (exact) mass is 454 g/mol. The Morgan fingerprint density at radius 1 is 0.853 bits per heavy atom. The molecule has 2 heterocycles. The molecule has 34 heavy (non-hydrogen) atoms. The zero-order chi connectivity index (χ0) is 23.7. The number of urea groups is 1. The first-order valence-electron chi connectivity index (χ1n) is 10.6. The van der Waals surface area contributed by atoms with Gasteiger partial charge in [-0.3, -0.25) is 19.6 Å². The van der Waals surface area contributed by atoms with E-state index in [1.54, 1.807) is 18.2 Å². The van der Waals surface area contributed by atoms with Gasteiger partial charge in [0.2, 0.25) is 0 Å². The Morgan fingerprint density at radius 3 is 2.26 bits per heavy atom. The first kappa shape index (κ1) is 21.1. The Kier molecular flexibility index (Phi) is 5.39. The van der Waals surface area contributed by atoms with Crippen LogP contribution in [0.25, 0.3) is 23.0 Å². The lowest BCUT2D eigenvalue weighted by Gasteiger charge is -2.11. The van der Waals surface area contributed by atoms with E-state index in [-0.39, 0.29) is 23.4 Å². The number of imide groups is 1. The van der Waals surface area contributed by atoms with Crippen LogP contribution < -0.4 is 10.9 Å². The number of nitrogens with one attached hydrogen (secondary N) is 2. The van der Waals surface area contributed by atoms with Crippen LogP contribution in [0.1, 0.15) is 11.1 Å². The molecule has 0 aliphatic carbocycles. The lowest BCUT2D eigenvalue weighted by molar-refractivity contribution is -0.123. The van der Waals surface area contributed by atoms with Crippen LogP contribution in [0, 0.1) is 5.82 Å². The van der Waals surface area contributed by atoms with Gasteiger partial charge in [0.25, 0.3) is 11.5 Å². The normalized spacial score (nSPS) is 14.6. The van der Waals surface area contributed by atoms with Gasteiger partial charge in [0.05, 0.1) is 23.5 Å². The van der Waals surface area contributed by atoms with E-state index in [2.05, 4.69) is 10.4 Å². The minimum atomic E-state index is -0.638. The number of carbonyl (C=O) groups excluding carboxylic acids is 2. The maximum atomic E-state index is 13.5. The fraction of sp³-hybridized carbons (Fsp3) is 0.0385. The molecule has 0 saturated carbocycles. The highest BCUT2D eigenvalue weighted by molar-refractivity contribution is 6.14. The number of halogens is 1. The number of H-pyrrole nitrogens is 1. The van der Waals surface area contributed by atoms with Crippen molar-refractivity contribution in [1.82, 2.24) is 20.0 Å². The second-order valence-corrected chi connectivity index (χ2v) is 7.75. The summed E-state index contributed by atoms with van der Waals surface area (Å²) >= 11 is 0. The summed E-state index contributed by atoms with van der Waals surface area (Å²) in [7, 11) is 0. The molecule has 8 heteroatoms. The van der Waals surface area contributed by atoms with Gasteiger partial charge in [-0.05, 0) is 35.9 Å². The van der Waals surface area contributed by atoms with E-state index in [0.717, 1.165) is 10.5 Å². The maximum Gasteiger partial charge on any atom is 0.329 e. The topological polar surface area (TPSA) is 87.2 Å². The maximum absolute atomic E-state index is 13.5. The van der Waals surface area contributed by atoms with Gasteiger partial charge in [0.1, 0.15) is 11.5 Å². The molecular formula is C26H19FN4O3. The van der Waals surface area contributed by atoms with Crippen molar-refractivity contribution in [2.45, 2.75) is 6.54 Å². The number of hydrogen-bond donors (Lipinski definition) is 2. The minimum Gasteiger partial charge on any atom is -0.303 e. The van der Waals surface area contributed by atoms with Crippen molar-refractivity contribution in [2.75, 3.05) is 0 Å². The Labute approximate surface area is 193 Å². The molecule has 0 radical (unpaired) electrons. The van der Waals surface area contributed by atoms with E-state index in [1.165, 1.54) is 29.0 Å². The number of aromatic amines is 1. The van der Waals surface area contributed by atoms with Crippen molar-refractivity contribution < 1.29 is 14.0 Å². The summed E-state index contributed by atoms with van der Waals surface area (Å²) in [5, 5.41) is 5.66. The lowest BCUT2D eigenvalue weighted by Crippen LogP contribution is -2.30. The number of nitrogens with zero attached hydrogens (tertiary/aromatic N) is 2. The third-order valence-electron chi connectivity index (χ3n) is 5.48. The number of hydrogen-bond acceptors (Lipinski definition) is 3. The van der Waals surface area contributed by atoms with Gasteiger partial charge in [0.15, 0.2) is 0 Å². The SMILES string of the molecule is O=C1N/C(=C\c2c(-c3ccccc3)[nH]n(-c3ccccc3)c2=O)C(=O)N1Cc1cccc(F)c1. The second kappa shape index (κ2) is 8.67. The third-order valence-corrected chi connectivity index (χ3v) is 5.48. The quantitative estimate of drug-likeness (QED) is 0.352. The number of aromatic nitrogens is 2. The van der Waals surface area contributed by atoms with Gasteiger partial charge in [-0.25, -0.2) is 13.9 Å². The molecule has 0 bridgehead atoms. The van der Waals surface area contributed by atoms with E-state index < -0.39 is 17.8 Å². The molecule has 7 nitrogen and oxygen atoms in total. The molecule has 1 aromatic heterocycles. The summed E-state index contributed by atoms with van der Waals surface area (Å²) < 4.78 is 14.9. The van der Waals surface area contributed by atoms with Gasteiger partial charge in [-0.15, -0.1) is 0 Å². The molecular weight excluding hydrogens is 435 g/mol. The number of carbonyl (C=O) groups is 2. The Balaban J connectivity index is 1.56. The first-order chi connectivity index (χ1) is 16.5. The number of amides is 3. The predicted molar refractivity (Wildman–Crippen MR) is 125 cm³/mol. The van der Waals surface area contributed by atoms with Crippen LogP contribution in [-0.4, -0.2) is 26.6 Å². The van der Waals surface area contributed by atoms with Crippen LogP contribution >= 0.6 is 0 Å². The zero-order valence-corrected chi connectivity index (χ0v) is 17.9. The molecule has 0 spiro atoms. The third kappa shape index (κ3) is 3.93. The lowest BCUT2D eigenvalue weighted by atomic mass is 10.1.